The van der Waals surface area contributed by atoms with Crippen molar-refractivity contribution < 1.29 is 72.9 Å². The van der Waals surface area contributed by atoms with Gasteiger partial charge in [-0.25, -0.2) is 0 Å². The number of amides is 1. The van der Waals surface area contributed by atoms with Crippen molar-refractivity contribution in [2.75, 3.05) is 49.8 Å². The van der Waals surface area contributed by atoms with E-state index in [9.17, 15) is 38.4 Å². The van der Waals surface area contributed by atoms with Gasteiger partial charge in [0.25, 0.3) is 0 Å². The molecule has 5 heterocycles. The highest BCUT2D eigenvalue weighted by Gasteiger charge is 2.31. The second-order valence-corrected chi connectivity index (χ2v) is 15.3. The van der Waals surface area contributed by atoms with Crippen molar-refractivity contribution in [3.05, 3.63) is 78.7 Å². The minimum absolute atomic E-state index is 0.0150. The molecule has 67 heavy (non-hydrogen) atoms. The monoisotopic (exact) mass is 930 g/mol. The molecule has 3 aliphatic heterocycles. The summed E-state index contributed by atoms with van der Waals surface area (Å²) in [6.45, 7) is -1.13. The molecule has 0 fully saturated rings. The third-order valence-electron chi connectivity index (χ3n) is 11.5. The molecule has 358 valence electrons. The Morgan fingerprint density at radius 2 is 1.10 bits per heavy atom. The molecule has 1 amide bonds. The summed E-state index contributed by atoms with van der Waals surface area (Å²) in [5.74, 6) is -4.22. The van der Waals surface area contributed by atoms with Gasteiger partial charge in [0, 0.05) is 61.1 Å². The summed E-state index contributed by atoms with van der Waals surface area (Å²) < 4.78 is 43.5. The van der Waals surface area contributed by atoms with Crippen LogP contribution < -0.4 is 5.32 Å². The van der Waals surface area contributed by atoms with Crippen LogP contribution in [0.15, 0.2) is 43.7 Å². The van der Waals surface area contributed by atoms with Gasteiger partial charge >= 0.3 is 41.8 Å². The van der Waals surface area contributed by atoms with E-state index in [4.69, 9.17) is 39.5 Å². The van der Waals surface area contributed by atoms with Crippen molar-refractivity contribution in [2.24, 2.45) is 9.98 Å². The van der Waals surface area contributed by atoms with Crippen molar-refractivity contribution in [1.29, 1.82) is 0 Å². The third kappa shape index (κ3) is 12.9. The Hall–Kier alpha value is -7.38. The van der Waals surface area contributed by atoms with Crippen LogP contribution in [0.5, 0.6) is 0 Å². The molecule has 5 rings (SSSR count). The first-order chi connectivity index (χ1) is 32.6. The number of hydrogen-bond acceptors (Lipinski definition) is 17. The molecule has 0 spiro atoms. The molecule has 3 aliphatic rings. The lowest BCUT2D eigenvalue weighted by molar-refractivity contribution is -0.141. The number of fused-ring (bicyclic) bond motifs is 1. The van der Waals surface area contributed by atoms with E-state index in [1.807, 2.05) is 0 Å². The number of carbonyl (C=O) groups excluding carboxylic acids is 8. The highest BCUT2D eigenvalue weighted by atomic mass is 16.5. The Balaban J connectivity index is 1.75. The number of nitrogens with one attached hydrogen (secondary N) is 3. The summed E-state index contributed by atoms with van der Waals surface area (Å²) in [5.41, 5.74) is 6.73. The van der Waals surface area contributed by atoms with E-state index in [0.717, 1.165) is 0 Å². The first kappa shape index (κ1) is 49.1. The summed E-state index contributed by atoms with van der Waals surface area (Å²) in [6, 6.07) is 0. The second kappa shape index (κ2) is 23.7. The van der Waals surface area contributed by atoms with Crippen molar-refractivity contribution in [3.63, 3.8) is 0 Å². The molecule has 20 nitrogen and oxygen atoms in total. The fourth-order valence-electron chi connectivity index (χ4n) is 7.95. The Morgan fingerprint density at radius 1 is 0.597 bits per heavy atom. The highest BCUT2D eigenvalue weighted by molar-refractivity contribution is 6.08. The molecule has 20 heteroatoms. The number of esters is 7. The molecule has 3 N–H and O–H groups in total. The Kier molecular flexibility index (Phi) is 17.4. The van der Waals surface area contributed by atoms with Gasteiger partial charge < -0.3 is 48.4 Å². The van der Waals surface area contributed by atoms with Gasteiger partial charge in [0.15, 0.2) is 0 Å². The maximum absolute atomic E-state index is 13.2. The Morgan fingerprint density at radius 3 is 1.70 bits per heavy atom. The number of methoxy groups -OCH3 is 7. The van der Waals surface area contributed by atoms with E-state index in [1.165, 1.54) is 49.8 Å². The SMILES string of the molecule is [2H][C@H]1NC(=O)Cc2c1[nH]c(/C=C1\N=C(Cc3[nH]c(/C=C4\N=CC(CCC(=O)OC)=C4CC(=O)OC)c(CCC(=O)OC)c3CC(=O)OC)C(CCC(=O)OC)=C1CC(=O)OC)c2CCC(=O)OC. The highest BCUT2D eigenvalue weighted by Crippen LogP contribution is 2.38. The fraction of sp³-hybridized carbons (Fsp3) is 0.447. The number of aliphatic imine (C=N–C) groups is 2. The number of nitrogens with zero attached hydrogens (tertiary/aromatic N) is 2. The number of rotatable bonds is 22. The topological polar surface area (TPSA) is 269 Å². The van der Waals surface area contributed by atoms with E-state index in [0.29, 0.717) is 78.7 Å². The van der Waals surface area contributed by atoms with Crippen LogP contribution in [0.25, 0.3) is 12.2 Å². The number of aromatic amines is 2. The smallest absolute Gasteiger partial charge is 0.310 e. The van der Waals surface area contributed by atoms with Gasteiger partial charge in [-0.3, -0.25) is 48.3 Å². The number of hydrogen-bond donors (Lipinski definition) is 3. The zero-order valence-electron chi connectivity index (χ0n) is 39.5. The maximum Gasteiger partial charge on any atom is 0.310 e. The normalized spacial score (nSPS) is 16.6. The summed E-state index contributed by atoms with van der Waals surface area (Å²) in [7, 11) is 8.73. The summed E-state index contributed by atoms with van der Waals surface area (Å²) in [5, 5.41) is 2.59. The molecule has 0 aromatic carbocycles. The molecule has 0 saturated heterocycles. The second-order valence-electron chi connectivity index (χ2n) is 15.3. The number of H-pyrrole nitrogens is 2. The van der Waals surface area contributed by atoms with Crippen molar-refractivity contribution >= 4 is 71.8 Å². The van der Waals surface area contributed by atoms with Crippen LogP contribution in [0.1, 0.15) is 97.8 Å². The molecule has 2 aromatic rings. The first-order valence-corrected chi connectivity index (χ1v) is 21.2. The Bertz CT molecular complexity index is 2550. The lowest BCUT2D eigenvalue weighted by Gasteiger charge is -2.14. The minimum atomic E-state index is -1.13. The van der Waals surface area contributed by atoms with Gasteiger partial charge in [-0.2, -0.15) is 0 Å². The van der Waals surface area contributed by atoms with Crippen LogP contribution in [0.2, 0.25) is 0 Å². The average Bonchev–Trinajstić information content (AvgIpc) is 4.06. The summed E-state index contributed by atoms with van der Waals surface area (Å²) in [4.78, 5) is 118. The van der Waals surface area contributed by atoms with Crippen molar-refractivity contribution in [1.82, 2.24) is 15.3 Å². The third-order valence-corrected chi connectivity index (χ3v) is 11.5. The van der Waals surface area contributed by atoms with Gasteiger partial charge in [0.05, 0.1) is 100 Å². The van der Waals surface area contributed by atoms with Gasteiger partial charge in [0.2, 0.25) is 5.91 Å². The summed E-state index contributed by atoms with van der Waals surface area (Å²) in [6.07, 6.45) is 4.22. The predicted molar refractivity (Wildman–Crippen MR) is 239 cm³/mol. The van der Waals surface area contributed by atoms with Crippen molar-refractivity contribution in [2.45, 2.75) is 90.0 Å². The average molecular weight is 931 g/mol. The predicted octanol–water partition coefficient (Wildman–Crippen LogP) is 3.53. The molecule has 0 saturated carbocycles. The van der Waals surface area contributed by atoms with Crippen LogP contribution in [-0.2, 0) is 110 Å². The van der Waals surface area contributed by atoms with E-state index in [-0.39, 0.29) is 95.1 Å². The van der Waals surface area contributed by atoms with Crippen LogP contribution >= 0.6 is 0 Å². The Labute approximate surface area is 387 Å². The van der Waals surface area contributed by atoms with E-state index < -0.39 is 48.3 Å². The van der Waals surface area contributed by atoms with Gasteiger partial charge in [-0.15, -0.1) is 0 Å². The zero-order valence-corrected chi connectivity index (χ0v) is 38.5. The first-order valence-electron chi connectivity index (χ1n) is 21.8. The van der Waals surface area contributed by atoms with E-state index >= 15 is 0 Å². The molecule has 0 aliphatic carbocycles. The molecule has 0 bridgehead atoms. The van der Waals surface area contributed by atoms with E-state index in [1.54, 1.807) is 18.4 Å². The fourth-order valence-corrected chi connectivity index (χ4v) is 7.95. The standard InChI is InChI=1S/C47H55N5O15/c1-61-41(54)12-8-25-23-48-33(29(25)17-45(58)65-5)20-34-27(10-14-43(56)63-3)31(18-46(59)66-6)37(50-34)21-35-28(11-15-44(57)64-4)32(19-47(60)67-7)38(51-35)22-36-26(9-13-42(55)62-2)30-16-40(53)49-24-39(30)52-36/h20,22-23,50,52H,8-19,21,24H2,1-7H3,(H,49,53)/b33-20-,38-22-/i24D/t24-/m1/s1. The zero-order chi connectivity index (χ0) is 49.7. The lowest BCUT2D eigenvalue weighted by atomic mass is 9.92. The number of ether oxygens (including phenoxy) is 7. The number of carbonyl (C=O) groups is 8. The van der Waals surface area contributed by atoms with Crippen LogP contribution in [0.3, 0.4) is 0 Å². The van der Waals surface area contributed by atoms with Crippen LogP contribution in [0, 0.1) is 0 Å². The molecule has 0 unspecified atom stereocenters. The minimum Gasteiger partial charge on any atom is -0.469 e. The number of allylic oxidation sites excluding steroid dienone is 4. The molecule has 1 atom stereocenters. The quantitative estimate of drug-likeness (QED) is 0.113. The van der Waals surface area contributed by atoms with Gasteiger partial charge in [-0.1, -0.05) is 0 Å². The number of aromatic nitrogens is 2. The van der Waals surface area contributed by atoms with Crippen molar-refractivity contribution in [3.8, 4) is 0 Å². The lowest BCUT2D eigenvalue weighted by Crippen LogP contribution is -2.30. The molecular weight excluding hydrogens is 875 g/mol. The molecule has 0 radical (unpaired) electrons. The van der Waals surface area contributed by atoms with E-state index in [2.05, 4.69) is 20.3 Å². The van der Waals surface area contributed by atoms with Crippen LogP contribution in [0.4, 0.5) is 0 Å². The molecule has 2 aromatic heterocycles. The maximum atomic E-state index is 13.2. The van der Waals surface area contributed by atoms with Gasteiger partial charge in [0.1, 0.15) is 0 Å². The van der Waals surface area contributed by atoms with Crippen LogP contribution in [-0.4, -0.2) is 119 Å². The summed E-state index contributed by atoms with van der Waals surface area (Å²) >= 11 is 0. The molecular formula is C47H55N5O15. The largest absolute Gasteiger partial charge is 0.469 e. The van der Waals surface area contributed by atoms with Gasteiger partial charge in [-0.05, 0) is 82.4 Å².